The summed E-state index contributed by atoms with van der Waals surface area (Å²) in [5.41, 5.74) is 3.69. The van der Waals surface area contributed by atoms with Crippen LogP contribution in [0.4, 0.5) is 5.82 Å². The van der Waals surface area contributed by atoms with Crippen molar-refractivity contribution < 1.29 is 14.0 Å². The van der Waals surface area contributed by atoms with Crippen LogP contribution < -0.4 is 15.5 Å². The molecule has 0 fully saturated rings. The number of nitrogens with zero attached hydrogens (tertiary/aromatic N) is 2. The van der Waals surface area contributed by atoms with Gasteiger partial charge in [0.05, 0.1) is 6.26 Å². The average molecular weight is 431 g/mol. The number of carbonyl (C=O) groups is 2. The second-order valence-electron chi connectivity index (χ2n) is 7.63. The summed E-state index contributed by atoms with van der Waals surface area (Å²) in [5, 5.41) is 5.54. The number of hydrogen-bond acceptors (Lipinski definition) is 5. The maximum Gasteiger partial charge on any atom is 0.244 e. The van der Waals surface area contributed by atoms with Gasteiger partial charge in [0.25, 0.3) is 0 Å². The molecule has 0 spiro atoms. The molecule has 1 aliphatic heterocycles. The molecule has 1 aromatic carbocycles. The molecule has 0 saturated heterocycles. The van der Waals surface area contributed by atoms with Gasteiger partial charge < -0.3 is 20.0 Å². The molecule has 0 bridgehead atoms. The van der Waals surface area contributed by atoms with Crippen molar-refractivity contribution in [1.29, 1.82) is 0 Å². The number of aromatic nitrogens is 1. The Labute approximate surface area is 187 Å². The molecule has 0 saturated carbocycles. The lowest BCUT2D eigenvalue weighted by Gasteiger charge is -2.29. The maximum atomic E-state index is 12.0. The van der Waals surface area contributed by atoms with Crippen molar-refractivity contribution in [2.45, 2.75) is 25.9 Å². The first kappa shape index (κ1) is 21.4. The number of nitrogens with one attached hydrogen (secondary N) is 2. The molecule has 3 aromatic rings. The number of rotatable bonds is 8. The van der Waals surface area contributed by atoms with Crippen molar-refractivity contribution in [3.05, 3.63) is 89.5 Å². The molecule has 2 aromatic heterocycles. The summed E-state index contributed by atoms with van der Waals surface area (Å²) in [6.07, 6.45) is 7.53. The fourth-order valence-electron chi connectivity index (χ4n) is 3.59. The summed E-state index contributed by atoms with van der Waals surface area (Å²) in [6, 6.07) is 16.0. The molecule has 0 aliphatic carbocycles. The summed E-state index contributed by atoms with van der Waals surface area (Å²) in [5.74, 6) is 1.15. The van der Waals surface area contributed by atoms with Crippen molar-refractivity contribution in [1.82, 2.24) is 15.6 Å². The normalized spacial score (nSPS) is 13.1. The fraction of sp³-hybridized carbons (Fsp3) is 0.240. The summed E-state index contributed by atoms with van der Waals surface area (Å²) >= 11 is 0. The summed E-state index contributed by atoms with van der Waals surface area (Å²) in [4.78, 5) is 30.6. The van der Waals surface area contributed by atoms with Crippen molar-refractivity contribution in [2.24, 2.45) is 0 Å². The molecule has 2 N–H and O–H groups in total. The smallest absolute Gasteiger partial charge is 0.244 e. The summed E-state index contributed by atoms with van der Waals surface area (Å²) < 4.78 is 5.12. The van der Waals surface area contributed by atoms with Crippen LogP contribution in [0.5, 0.6) is 0 Å². The lowest BCUT2D eigenvalue weighted by Crippen LogP contribution is -2.31. The lowest BCUT2D eigenvalue weighted by atomic mass is 10.00. The summed E-state index contributed by atoms with van der Waals surface area (Å²) in [6.45, 7) is 2.48. The van der Waals surface area contributed by atoms with E-state index in [0.717, 1.165) is 30.9 Å². The Morgan fingerprint density at radius 3 is 2.72 bits per heavy atom. The number of fused-ring (bicyclic) bond motifs is 1. The molecular weight excluding hydrogens is 404 g/mol. The molecule has 164 valence electrons. The maximum absolute atomic E-state index is 12.0. The number of hydrogen-bond donors (Lipinski definition) is 2. The van der Waals surface area contributed by atoms with Gasteiger partial charge in [-0.2, -0.15) is 0 Å². The van der Waals surface area contributed by atoms with Crippen LogP contribution in [-0.4, -0.2) is 29.9 Å². The highest BCUT2D eigenvalue weighted by molar-refractivity contribution is 5.91. The van der Waals surface area contributed by atoms with E-state index >= 15 is 0 Å². The van der Waals surface area contributed by atoms with Gasteiger partial charge in [-0.05, 0) is 47.4 Å². The molecule has 32 heavy (non-hydrogen) atoms. The number of amides is 2. The lowest BCUT2D eigenvalue weighted by molar-refractivity contribution is -0.121. The number of benzene rings is 1. The Morgan fingerprint density at radius 2 is 1.94 bits per heavy atom. The zero-order valence-electron chi connectivity index (χ0n) is 17.8. The minimum absolute atomic E-state index is 0.128. The monoisotopic (exact) mass is 430 g/mol. The third-order valence-electron chi connectivity index (χ3n) is 5.35. The first-order chi connectivity index (χ1) is 15.7. The number of furan rings is 1. The van der Waals surface area contributed by atoms with E-state index in [-0.39, 0.29) is 24.8 Å². The van der Waals surface area contributed by atoms with E-state index in [2.05, 4.69) is 44.8 Å². The molecule has 7 nitrogen and oxygen atoms in total. The molecular formula is C25H26N4O3. The Balaban J connectivity index is 1.17. The van der Waals surface area contributed by atoms with Crippen LogP contribution in [0.25, 0.3) is 6.08 Å². The standard InChI is InChI=1S/C25H26N4O3/c30-24(10-8-22-6-3-15-32-22)26-13-11-25(31)28-17-19-7-9-23(27-16-19)29-14-12-20-4-1-2-5-21(20)18-29/h1-10,15-16H,11-14,17-18H2,(H,26,30)(H,28,31)/b10-8+. The van der Waals surface area contributed by atoms with Crippen LogP contribution in [0.2, 0.25) is 0 Å². The molecule has 2 amide bonds. The van der Waals surface area contributed by atoms with Gasteiger partial charge in [0.1, 0.15) is 11.6 Å². The number of anilines is 1. The van der Waals surface area contributed by atoms with E-state index in [4.69, 9.17) is 4.42 Å². The van der Waals surface area contributed by atoms with E-state index in [1.807, 2.05) is 12.1 Å². The van der Waals surface area contributed by atoms with Gasteiger partial charge in [-0.1, -0.05) is 30.3 Å². The topological polar surface area (TPSA) is 87.5 Å². The second-order valence-corrected chi connectivity index (χ2v) is 7.63. The quantitative estimate of drug-likeness (QED) is 0.537. The Hall–Kier alpha value is -3.87. The van der Waals surface area contributed by atoms with Crippen LogP contribution in [0, 0.1) is 0 Å². The Morgan fingerprint density at radius 1 is 1.06 bits per heavy atom. The van der Waals surface area contributed by atoms with E-state index in [1.165, 1.54) is 23.5 Å². The van der Waals surface area contributed by atoms with Crippen LogP contribution in [0.15, 0.2) is 71.5 Å². The first-order valence-corrected chi connectivity index (χ1v) is 10.7. The highest BCUT2D eigenvalue weighted by Crippen LogP contribution is 2.22. The van der Waals surface area contributed by atoms with Gasteiger partial charge in [0.2, 0.25) is 11.8 Å². The second kappa shape index (κ2) is 10.4. The van der Waals surface area contributed by atoms with Crippen LogP contribution in [0.1, 0.15) is 28.9 Å². The third-order valence-corrected chi connectivity index (χ3v) is 5.35. The molecule has 4 rings (SSSR count). The van der Waals surface area contributed by atoms with Gasteiger partial charge >= 0.3 is 0 Å². The zero-order valence-corrected chi connectivity index (χ0v) is 17.8. The van der Waals surface area contributed by atoms with E-state index in [0.29, 0.717) is 12.3 Å². The highest BCUT2D eigenvalue weighted by Gasteiger charge is 2.16. The minimum Gasteiger partial charge on any atom is -0.465 e. The third kappa shape index (κ3) is 5.85. The van der Waals surface area contributed by atoms with Gasteiger partial charge in [0, 0.05) is 44.9 Å². The van der Waals surface area contributed by atoms with Crippen LogP contribution >= 0.6 is 0 Å². The summed E-state index contributed by atoms with van der Waals surface area (Å²) in [7, 11) is 0. The van der Waals surface area contributed by atoms with E-state index in [9.17, 15) is 9.59 Å². The molecule has 3 heterocycles. The van der Waals surface area contributed by atoms with Gasteiger partial charge in [-0.15, -0.1) is 0 Å². The predicted molar refractivity (Wildman–Crippen MR) is 123 cm³/mol. The Bertz CT molecular complexity index is 1070. The van der Waals surface area contributed by atoms with Crippen molar-refractivity contribution >= 4 is 23.7 Å². The van der Waals surface area contributed by atoms with Crippen LogP contribution in [0.3, 0.4) is 0 Å². The number of carbonyl (C=O) groups excluding carboxylic acids is 2. The Kier molecular flexibility index (Phi) is 6.97. The van der Waals surface area contributed by atoms with E-state index < -0.39 is 0 Å². The first-order valence-electron chi connectivity index (χ1n) is 10.7. The zero-order chi connectivity index (χ0) is 22.2. The van der Waals surface area contributed by atoms with Gasteiger partial charge in [0.15, 0.2) is 0 Å². The van der Waals surface area contributed by atoms with Crippen molar-refractivity contribution in [3.63, 3.8) is 0 Å². The number of pyridine rings is 1. The molecule has 0 atom stereocenters. The predicted octanol–water partition coefficient (Wildman–Crippen LogP) is 3.07. The molecule has 1 aliphatic rings. The highest BCUT2D eigenvalue weighted by atomic mass is 16.3. The van der Waals surface area contributed by atoms with Crippen molar-refractivity contribution in [2.75, 3.05) is 18.0 Å². The van der Waals surface area contributed by atoms with Crippen molar-refractivity contribution in [3.8, 4) is 0 Å². The van der Waals surface area contributed by atoms with Gasteiger partial charge in [-0.3, -0.25) is 9.59 Å². The van der Waals surface area contributed by atoms with Gasteiger partial charge in [-0.25, -0.2) is 4.98 Å². The minimum atomic E-state index is -0.269. The average Bonchev–Trinajstić information content (AvgIpc) is 3.35. The fourth-order valence-corrected chi connectivity index (χ4v) is 3.59. The van der Waals surface area contributed by atoms with E-state index in [1.54, 1.807) is 24.4 Å². The SMILES string of the molecule is O=C(/C=C/c1ccco1)NCCC(=O)NCc1ccc(N2CCc3ccccc3C2)nc1. The largest absolute Gasteiger partial charge is 0.465 e. The molecule has 7 heteroatoms. The van der Waals surface area contributed by atoms with Crippen LogP contribution in [-0.2, 0) is 29.1 Å². The molecule has 0 radical (unpaired) electrons. The molecule has 0 unspecified atom stereocenters.